The van der Waals surface area contributed by atoms with Crippen LogP contribution in [0.2, 0.25) is 0 Å². The van der Waals surface area contributed by atoms with Crippen molar-refractivity contribution in [2.24, 2.45) is 5.73 Å². The SMILES string of the molecule is CN(C)c1ccc(NC(=O)C2(N)CCCC2)nc1.Cl.Cl. The van der Waals surface area contributed by atoms with E-state index in [4.69, 9.17) is 5.73 Å². The molecule has 114 valence electrons. The molecule has 1 aromatic rings. The van der Waals surface area contributed by atoms with E-state index in [2.05, 4.69) is 10.3 Å². The Balaban J connectivity index is 0.00000180. The fraction of sp³-hybridized carbons (Fsp3) is 0.538. The standard InChI is InChI=1S/C13H20N4O.2ClH/c1-17(2)10-5-6-11(15-9-10)16-12(18)13(14)7-3-4-8-13;;/h5-6,9H,3-4,7-8,14H2,1-2H3,(H,15,16,18);2*1H. The van der Waals surface area contributed by atoms with Crippen molar-refractivity contribution in [3.05, 3.63) is 18.3 Å². The lowest BCUT2D eigenvalue weighted by Gasteiger charge is -2.22. The smallest absolute Gasteiger partial charge is 0.245 e. The van der Waals surface area contributed by atoms with Crippen LogP contribution in [-0.2, 0) is 4.79 Å². The number of amides is 1. The van der Waals surface area contributed by atoms with Crippen LogP contribution in [0.5, 0.6) is 0 Å². The Morgan fingerprint density at radius 2 is 1.90 bits per heavy atom. The summed E-state index contributed by atoms with van der Waals surface area (Å²) in [4.78, 5) is 18.2. The summed E-state index contributed by atoms with van der Waals surface area (Å²) >= 11 is 0. The molecule has 20 heavy (non-hydrogen) atoms. The number of halogens is 2. The number of nitrogens with two attached hydrogens (primary N) is 1. The molecule has 0 saturated heterocycles. The summed E-state index contributed by atoms with van der Waals surface area (Å²) in [6.07, 6.45) is 5.30. The van der Waals surface area contributed by atoms with Gasteiger partial charge < -0.3 is 16.0 Å². The highest BCUT2D eigenvalue weighted by Crippen LogP contribution is 2.28. The molecule has 1 aromatic heterocycles. The van der Waals surface area contributed by atoms with E-state index in [1.54, 1.807) is 12.3 Å². The molecule has 0 unspecified atom stereocenters. The predicted molar refractivity (Wildman–Crippen MR) is 87.1 cm³/mol. The first-order valence-corrected chi connectivity index (χ1v) is 6.25. The Kier molecular flexibility index (Phi) is 7.27. The lowest BCUT2D eigenvalue weighted by molar-refractivity contribution is -0.121. The number of nitrogens with zero attached hydrogens (tertiary/aromatic N) is 2. The quantitative estimate of drug-likeness (QED) is 0.895. The highest BCUT2D eigenvalue weighted by atomic mass is 35.5. The minimum atomic E-state index is -0.706. The molecule has 0 spiro atoms. The molecule has 7 heteroatoms. The minimum absolute atomic E-state index is 0. The lowest BCUT2D eigenvalue weighted by atomic mass is 9.98. The van der Waals surface area contributed by atoms with Gasteiger partial charge in [-0.3, -0.25) is 4.79 Å². The van der Waals surface area contributed by atoms with Crippen LogP contribution < -0.4 is 16.0 Å². The lowest BCUT2D eigenvalue weighted by Crippen LogP contribution is -2.48. The van der Waals surface area contributed by atoms with Gasteiger partial charge in [-0.05, 0) is 25.0 Å². The molecule has 5 nitrogen and oxygen atoms in total. The van der Waals surface area contributed by atoms with Crippen molar-refractivity contribution in [1.29, 1.82) is 0 Å². The molecule has 1 saturated carbocycles. The van der Waals surface area contributed by atoms with Gasteiger partial charge in [-0.15, -0.1) is 24.8 Å². The summed E-state index contributed by atoms with van der Waals surface area (Å²) in [5.41, 5.74) is 6.37. The van der Waals surface area contributed by atoms with Crippen LogP contribution in [0.3, 0.4) is 0 Å². The number of carbonyl (C=O) groups excluding carboxylic acids is 1. The molecule has 1 aliphatic rings. The fourth-order valence-corrected chi connectivity index (χ4v) is 2.20. The van der Waals surface area contributed by atoms with E-state index in [1.807, 2.05) is 25.1 Å². The van der Waals surface area contributed by atoms with Crippen LogP contribution in [-0.4, -0.2) is 30.5 Å². The average Bonchev–Trinajstić information content (AvgIpc) is 2.78. The van der Waals surface area contributed by atoms with Crippen molar-refractivity contribution in [1.82, 2.24) is 4.98 Å². The van der Waals surface area contributed by atoms with E-state index < -0.39 is 5.54 Å². The average molecular weight is 321 g/mol. The molecule has 1 heterocycles. The van der Waals surface area contributed by atoms with E-state index in [0.717, 1.165) is 31.4 Å². The maximum atomic E-state index is 12.1. The zero-order valence-electron chi connectivity index (χ0n) is 11.8. The summed E-state index contributed by atoms with van der Waals surface area (Å²) in [5, 5.41) is 2.80. The number of nitrogens with one attached hydrogen (secondary N) is 1. The molecule has 0 aliphatic heterocycles. The molecule has 1 fully saturated rings. The number of carbonyl (C=O) groups is 1. The van der Waals surface area contributed by atoms with E-state index >= 15 is 0 Å². The Hall–Kier alpha value is -1.04. The van der Waals surface area contributed by atoms with Crippen molar-refractivity contribution in [3.63, 3.8) is 0 Å². The van der Waals surface area contributed by atoms with Gasteiger partial charge in [0, 0.05) is 14.1 Å². The number of hydrogen-bond acceptors (Lipinski definition) is 4. The second-order valence-corrected chi connectivity index (χ2v) is 5.11. The third-order valence-electron chi connectivity index (χ3n) is 3.45. The molecule has 0 bridgehead atoms. The van der Waals surface area contributed by atoms with Crippen molar-refractivity contribution < 1.29 is 4.79 Å². The summed E-state index contributed by atoms with van der Waals surface area (Å²) in [7, 11) is 3.89. The molecule has 2 rings (SSSR count). The fourth-order valence-electron chi connectivity index (χ4n) is 2.20. The minimum Gasteiger partial charge on any atom is -0.376 e. The molecule has 0 radical (unpaired) electrons. The largest absolute Gasteiger partial charge is 0.376 e. The van der Waals surface area contributed by atoms with Gasteiger partial charge in [-0.2, -0.15) is 0 Å². The van der Waals surface area contributed by atoms with Crippen LogP contribution in [0.15, 0.2) is 18.3 Å². The normalized spacial score (nSPS) is 15.8. The second kappa shape index (κ2) is 7.67. The van der Waals surface area contributed by atoms with E-state index in [0.29, 0.717) is 5.82 Å². The maximum absolute atomic E-state index is 12.1. The van der Waals surface area contributed by atoms with Gasteiger partial charge in [0.15, 0.2) is 0 Å². The van der Waals surface area contributed by atoms with Crippen LogP contribution in [0.25, 0.3) is 0 Å². The van der Waals surface area contributed by atoms with Crippen molar-refractivity contribution >= 4 is 42.2 Å². The molecular formula is C13H22Cl2N4O. The van der Waals surface area contributed by atoms with Crippen LogP contribution in [0, 0.1) is 0 Å². The zero-order valence-corrected chi connectivity index (χ0v) is 13.4. The van der Waals surface area contributed by atoms with Gasteiger partial charge in [0.2, 0.25) is 5.91 Å². The monoisotopic (exact) mass is 320 g/mol. The first-order valence-electron chi connectivity index (χ1n) is 6.25. The highest BCUT2D eigenvalue weighted by molar-refractivity contribution is 5.97. The zero-order chi connectivity index (χ0) is 13.2. The van der Waals surface area contributed by atoms with E-state index in [9.17, 15) is 4.79 Å². The van der Waals surface area contributed by atoms with E-state index in [-0.39, 0.29) is 30.7 Å². The molecule has 1 amide bonds. The third-order valence-corrected chi connectivity index (χ3v) is 3.45. The molecule has 0 aromatic carbocycles. The summed E-state index contributed by atoms with van der Waals surface area (Å²) < 4.78 is 0. The van der Waals surface area contributed by atoms with Crippen LogP contribution in [0.4, 0.5) is 11.5 Å². The van der Waals surface area contributed by atoms with Gasteiger partial charge in [-0.25, -0.2) is 4.98 Å². The summed E-state index contributed by atoms with van der Waals surface area (Å²) in [6.45, 7) is 0. The Morgan fingerprint density at radius 1 is 1.30 bits per heavy atom. The van der Waals surface area contributed by atoms with Crippen molar-refractivity contribution in [2.75, 3.05) is 24.3 Å². The van der Waals surface area contributed by atoms with Crippen molar-refractivity contribution in [2.45, 2.75) is 31.2 Å². The van der Waals surface area contributed by atoms with Crippen LogP contribution >= 0.6 is 24.8 Å². The van der Waals surface area contributed by atoms with Gasteiger partial charge in [0.25, 0.3) is 0 Å². The first-order chi connectivity index (χ1) is 8.51. The Bertz CT molecular complexity index is 431. The summed E-state index contributed by atoms with van der Waals surface area (Å²) in [5.74, 6) is 0.437. The molecule has 3 N–H and O–H groups in total. The number of anilines is 2. The molecular weight excluding hydrogens is 299 g/mol. The van der Waals surface area contributed by atoms with Gasteiger partial charge in [-0.1, -0.05) is 12.8 Å². The Morgan fingerprint density at radius 3 is 2.35 bits per heavy atom. The number of aromatic nitrogens is 1. The highest BCUT2D eigenvalue weighted by Gasteiger charge is 2.37. The number of pyridine rings is 1. The van der Waals surface area contributed by atoms with E-state index in [1.165, 1.54) is 0 Å². The summed E-state index contributed by atoms with van der Waals surface area (Å²) in [6, 6.07) is 3.71. The predicted octanol–water partition coefficient (Wildman–Crippen LogP) is 2.20. The van der Waals surface area contributed by atoms with Crippen LogP contribution in [0.1, 0.15) is 25.7 Å². The van der Waals surface area contributed by atoms with Gasteiger partial charge >= 0.3 is 0 Å². The number of rotatable bonds is 3. The first kappa shape index (κ1) is 19.0. The third kappa shape index (κ3) is 4.23. The van der Waals surface area contributed by atoms with Gasteiger partial charge in [0.05, 0.1) is 17.4 Å². The second-order valence-electron chi connectivity index (χ2n) is 5.11. The van der Waals surface area contributed by atoms with Gasteiger partial charge in [0.1, 0.15) is 5.82 Å². The maximum Gasteiger partial charge on any atom is 0.245 e. The van der Waals surface area contributed by atoms with Crippen molar-refractivity contribution in [3.8, 4) is 0 Å². The topological polar surface area (TPSA) is 71.2 Å². The number of hydrogen-bond donors (Lipinski definition) is 2. The molecule has 0 atom stereocenters. The molecule has 1 aliphatic carbocycles. The Labute approximate surface area is 132 Å².